The zero-order valence-electron chi connectivity index (χ0n) is 8.64. The molecule has 1 aromatic carbocycles. The quantitative estimate of drug-likeness (QED) is 0.768. The van der Waals surface area contributed by atoms with Crippen molar-refractivity contribution in [2.45, 2.75) is 19.9 Å². The molecule has 1 aromatic heterocycles. The van der Waals surface area contributed by atoms with Crippen LogP contribution in [0.2, 0.25) is 0 Å². The molecule has 0 saturated heterocycles. The maximum atomic E-state index is 11.4. The molecule has 15 heavy (non-hydrogen) atoms. The third kappa shape index (κ3) is 1.86. The summed E-state index contributed by atoms with van der Waals surface area (Å²) in [5, 5.41) is 0. The van der Waals surface area contributed by atoms with E-state index in [1.807, 2.05) is 37.3 Å². The molecular formula is C12H13NO2. The van der Waals surface area contributed by atoms with Crippen LogP contribution < -0.4 is 5.76 Å². The number of hydrogen-bond donors (Lipinski definition) is 0. The van der Waals surface area contributed by atoms with Crippen LogP contribution in [0.1, 0.15) is 13.3 Å². The minimum Gasteiger partial charge on any atom is -0.416 e. The first kappa shape index (κ1) is 9.77. The highest BCUT2D eigenvalue weighted by atomic mass is 16.4. The van der Waals surface area contributed by atoms with Crippen molar-refractivity contribution in [1.29, 1.82) is 0 Å². The molecular weight excluding hydrogens is 190 g/mol. The van der Waals surface area contributed by atoms with Gasteiger partial charge in [0.25, 0.3) is 0 Å². The van der Waals surface area contributed by atoms with Crippen LogP contribution in [0.4, 0.5) is 0 Å². The predicted molar refractivity (Wildman–Crippen MR) is 58.7 cm³/mol. The zero-order valence-corrected chi connectivity index (χ0v) is 8.64. The molecule has 0 aliphatic rings. The molecule has 1 heterocycles. The number of oxazole rings is 1. The van der Waals surface area contributed by atoms with Crippen molar-refractivity contribution in [3.8, 4) is 11.3 Å². The van der Waals surface area contributed by atoms with Gasteiger partial charge >= 0.3 is 5.76 Å². The third-order valence-corrected chi connectivity index (χ3v) is 2.30. The van der Waals surface area contributed by atoms with E-state index in [1.54, 1.807) is 4.57 Å². The van der Waals surface area contributed by atoms with Crippen molar-refractivity contribution in [1.82, 2.24) is 4.57 Å². The van der Waals surface area contributed by atoms with Gasteiger partial charge in [0, 0.05) is 12.1 Å². The molecule has 78 valence electrons. The van der Waals surface area contributed by atoms with Crippen molar-refractivity contribution in [2.75, 3.05) is 0 Å². The van der Waals surface area contributed by atoms with Crippen LogP contribution in [0.3, 0.4) is 0 Å². The molecule has 0 unspecified atom stereocenters. The van der Waals surface area contributed by atoms with E-state index in [0.717, 1.165) is 17.7 Å². The van der Waals surface area contributed by atoms with E-state index in [0.29, 0.717) is 6.54 Å². The highest BCUT2D eigenvalue weighted by molar-refractivity contribution is 5.57. The first-order valence-corrected chi connectivity index (χ1v) is 5.06. The number of aromatic nitrogens is 1. The van der Waals surface area contributed by atoms with Crippen LogP contribution in [0.5, 0.6) is 0 Å². The molecule has 0 spiro atoms. The van der Waals surface area contributed by atoms with Gasteiger partial charge in [0.15, 0.2) is 0 Å². The van der Waals surface area contributed by atoms with Gasteiger partial charge in [-0.25, -0.2) is 4.79 Å². The van der Waals surface area contributed by atoms with Crippen molar-refractivity contribution in [3.05, 3.63) is 47.1 Å². The Morgan fingerprint density at radius 1 is 1.27 bits per heavy atom. The summed E-state index contributed by atoms with van der Waals surface area (Å²) in [5.41, 5.74) is 1.86. The summed E-state index contributed by atoms with van der Waals surface area (Å²) >= 11 is 0. The average Bonchev–Trinajstić information content (AvgIpc) is 2.63. The van der Waals surface area contributed by atoms with Gasteiger partial charge < -0.3 is 4.42 Å². The van der Waals surface area contributed by atoms with Gasteiger partial charge in [-0.1, -0.05) is 37.3 Å². The normalized spacial score (nSPS) is 10.5. The van der Waals surface area contributed by atoms with Gasteiger partial charge in [-0.3, -0.25) is 4.57 Å². The van der Waals surface area contributed by atoms with Crippen molar-refractivity contribution < 1.29 is 4.42 Å². The molecule has 0 saturated carbocycles. The van der Waals surface area contributed by atoms with Crippen LogP contribution in [0.15, 0.2) is 45.8 Å². The van der Waals surface area contributed by atoms with Gasteiger partial charge in [-0.15, -0.1) is 0 Å². The van der Waals surface area contributed by atoms with Crippen LogP contribution in [-0.4, -0.2) is 4.57 Å². The standard InChI is InChI=1S/C12H13NO2/c1-2-8-13-11(9-15-12(13)14)10-6-4-3-5-7-10/h3-7,9H,2,8H2,1H3. The highest BCUT2D eigenvalue weighted by Crippen LogP contribution is 2.17. The van der Waals surface area contributed by atoms with E-state index in [-0.39, 0.29) is 5.76 Å². The van der Waals surface area contributed by atoms with E-state index in [9.17, 15) is 4.79 Å². The Kier molecular flexibility index (Phi) is 2.72. The molecule has 2 rings (SSSR count). The SMILES string of the molecule is CCCn1c(-c2ccccc2)coc1=O. The number of benzene rings is 1. The molecule has 0 fully saturated rings. The first-order chi connectivity index (χ1) is 7.33. The van der Waals surface area contributed by atoms with E-state index in [1.165, 1.54) is 6.26 Å². The molecule has 0 N–H and O–H groups in total. The summed E-state index contributed by atoms with van der Waals surface area (Å²) in [6.45, 7) is 2.73. The van der Waals surface area contributed by atoms with Gasteiger partial charge in [-0.2, -0.15) is 0 Å². The van der Waals surface area contributed by atoms with Crippen LogP contribution in [0.25, 0.3) is 11.3 Å². The number of rotatable bonds is 3. The second-order valence-corrected chi connectivity index (χ2v) is 3.40. The van der Waals surface area contributed by atoms with Crippen LogP contribution >= 0.6 is 0 Å². The van der Waals surface area contributed by atoms with E-state index >= 15 is 0 Å². The lowest BCUT2D eigenvalue weighted by atomic mass is 10.2. The lowest BCUT2D eigenvalue weighted by molar-refractivity contribution is 0.476. The topological polar surface area (TPSA) is 35.1 Å². The Morgan fingerprint density at radius 2 is 2.00 bits per heavy atom. The molecule has 0 bridgehead atoms. The van der Waals surface area contributed by atoms with Gasteiger partial charge in [0.2, 0.25) is 0 Å². The lowest BCUT2D eigenvalue weighted by Gasteiger charge is -2.03. The number of nitrogens with zero attached hydrogens (tertiary/aromatic N) is 1. The summed E-state index contributed by atoms with van der Waals surface area (Å²) in [5.74, 6) is -0.282. The van der Waals surface area contributed by atoms with Crippen LogP contribution in [0, 0.1) is 0 Å². The monoisotopic (exact) mass is 203 g/mol. The zero-order chi connectivity index (χ0) is 10.7. The Labute approximate surface area is 88.0 Å². The maximum absolute atomic E-state index is 11.4. The summed E-state index contributed by atoms with van der Waals surface area (Å²) in [6, 6.07) is 9.78. The summed E-state index contributed by atoms with van der Waals surface area (Å²) in [7, 11) is 0. The van der Waals surface area contributed by atoms with Gasteiger partial charge in [-0.05, 0) is 6.42 Å². The fraction of sp³-hybridized carbons (Fsp3) is 0.250. The van der Waals surface area contributed by atoms with Crippen molar-refractivity contribution >= 4 is 0 Å². The summed E-state index contributed by atoms with van der Waals surface area (Å²) in [6.07, 6.45) is 2.44. The minimum atomic E-state index is -0.282. The second kappa shape index (κ2) is 4.17. The summed E-state index contributed by atoms with van der Waals surface area (Å²) < 4.78 is 6.57. The smallest absolute Gasteiger partial charge is 0.416 e. The van der Waals surface area contributed by atoms with E-state index in [4.69, 9.17) is 4.42 Å². The van der Waals surface area contributed by atoms with Gasteiger partial charge in [0.1, 0.15) is 6.26 Å². The Balaban J connectivity index is 2.49. The number of hydrogen-bond acceptors (Lipinski definition) is 2. The molecule has 3 nitrogen and oxygen atoms in total. The molecule has 0 aliphatic carbocycles. The lowest BCUT2D eigenvalue weighted by Crippen LogP contribution is -2.14. The summed E-state index contributed by atoms with van der Waals surface area (Å²) in [4.78, 5) is 11.4. The fourth-order valence-electron chi connectivity index (χ4n) is 1.60. The molecule has 0 radical (unpaired) electrons. The van der Waals surface area contributed by atoms with Crippen molar-refractivity contribution in [2.24, 2.45) is 0 Å². The van der Waals surface area contributed by atoms with Crippen LogP contribution in [-0.2, 0) is 6.54 Å². The first-order valence-electron chi connectivity index (χ1n) is 5.06. The van der Waals surface area contributed by atoms with E-state index in [2.05, 4.69) is 0 Å². The largest absolute Gasteiger partial charge is 0.419 e. The third-order valence-electron chi connectivity index (χ3n) is 2.30. The minimum absolute atomic E-state index is 0.282. The molecule has 0 atom stereocenters. The Hall–Kier alpha value is -1.77. The fourth-order valence-corrected chi connectivity index (χ4v) is 1.60. The van der Waals surface area contributed by atoms with Crippen molar-refractivity contribution in [3.63, 3.8) is 0 Å². The molecule has 3 heteroatoms. The Bertz CT molecular complexity index is 482. The highest BCUT2D eigenvalue weighted by Gasteiger charge is 2.08. The maximum Gasteiger partial charge on any atom is 0.419 e. The second-order valence-electron chi connectivity index (χ2n) is 3.40. The average molecular weight is 203 g/mol. The molecule has 0 aliphatic heterocycles. The van der Waals surface area contributed by atoms with Gasteiger partial charge in [0.05, 0.1) is 5.69 Å². The molecule has 0 amide bonds. The Morgan fingerprint density at radius 3 is 2.67 bits per heavy atom. The van der Waals surface area contributed by atoms with E-state index < -0.39 is 0 Å². The molecule has 2 aromatic rings. The predicted octanol–water partition coefficient (Wildman–Crippen LogP) is 2.52.